The van der Waals surface area contributed by atoms with Crippen LogP contribution in [0.2, 0.25) is 0 Å². The van der Waals surface area contributed by atoms with Crippen molar-refractivity contribution in [2.45, 2.75) is 50.1 Å². The summed E-state index contributed by atoms with van der Waals surface area (Å²) in [6.45, 7) is 3.52. The standard InChI is InChI=1S/C15H30N4O/c1-18-8-5-12(6-9-18)11-19(2)13-4-3-7-15(17,10-13)14(16)20/h12-13H,3-11,17H2,1-2H3,(H2,16,20). The van der Waals surface area contributed by atoms with Crippen LogP contribution in [0.1, 0.15) is 38.5 Å². The van der Waals surface area contributed by atoms with Crippen LogP contribution < -0.4 is 11.5 Å². The zero-order valence-corrected chi connectivity index (χ0v) is 13.0. The van der Waals surface area contributed by atoms with Gasteiger partial charge in [-0.1, -0.05) is 0 Å². The summed E-state index contributed by atoms with van der Waals surface area (Å²) in [5.74, 6) is 0.439. The number of hydrogen-bond donors (Lipinski definition) is 2. The molecule has 0 aromatic heterocycles. The van der Waals surface area contributed by atoms with Crippen molar-refractivity contribution in [1.82, 2.24) is 9.80 Å². The van der Waals surface area contributed by atoms with E-state index in [0.29, 0.717) is 12.5 Å². The number of nitrogens with two attached hydrogens (primary N) is 2. The average Bonchev–Trinajstić information content (AvgIpc) is 2.41. The Hall–Kier alpha value is -0.650. The van der Waals surface area contributed by atoms with E-state index in [-0.39, 0.29) is 5.91 Å². The molecule has 1 aliphatic carbocycles. The summed E-state index contributed by atoms with van der Waals surface area (Å²) >= 11 is 0. The zero-order valence-electron chi connectivity index (χ0n) is 13.0. The molecule has 0 spiro atoms. The summed E-state index contributed by atoms with van der Waals surface area (Å²) in [4.78, 5) is 16.4. The summed E-state index contributed by atoms with van der Waals surface area (Å²) in [7, 11) is 4.37. The molecule has 0 aromatic carbocycles. The van der Waals surface area contributed by atoms with Gasteiger partial charge >= 0.3 is 0 Å². The van der Waals surface area contributed by atoms with E-state index >= 15 is 0 Å². The van der Waals surface area contributed by atoms with Crippen LogP contribution in [-0.4, -0.2) is 61.0 Å². The Bertz CT molecular complexity index is 341. The SMILES string of the molecule is CN1CCC(CN(C)C2CCCC(N)(C(N)=O)C2)CC1. The van der Waals surface area contributed by atoms with Gasteiger partial charge in [-0.05, 0) is 71.6 Å². The van der Waals surface area contributed by atoms with Crippen LogP contribution in [-0.2, 0) is 4.79 Å². The third-order valence-corrected chi connectivity index (χ3v) is 5.26. The first-order valence-electron chi connectivity index (χ1n) is 7.88. The van der Waals surface area contributed by atoms with Gasteiger partial charge in [0, 0.05) is 12.6 Å². The van der Waals surface area contributed by atoms with Gasteiger partial charge in [-0.2, -0.15) is 0 Å². The molecule has 2 fully saturated rings. The Balaban J connectivity index is 1.85. The molecule has 20 heavy (non-hydrogen) atoms. The lowest BCUT2D eigenvalue weighted by atomic mass is 9.78. The minimum Gasteiger partial charge on any atom is -0.368 e. The smallest absolute Gasteiger partial charge is 0.237 e. The van der Waals surface area contributed by atoms with E-state index in [4.69, 9.17) is 11.5 Å². The quantitative estimate of drug-likeness (QED) is 0.782. The number of carbonyl (C=O) groups is 1. The van der Waals surface area contributed by atoms with Gasteiger partial charge in [-0.15, -0.1) is 0 Å². The third-order valence-electron chi connectivity index (χ3n) is 5.26. The summed E-state index contributed by atoms with van der Waals surface area (Å²) in [6.07, 6.45) is 6.14. The molecule has 2 rings (SSSR count). The maximum absolute atomic E-state index is 11.5. The first kappa shape index (κ1) is 15.7. The van der Waals surface area contributed by atoms with Gasteiger partial charge in [-0.25, -0.2) is 0 Å². The fourth-order valence-electron chi connectivity index (χ4n) is 3.68. The lowest BCUT2D eigenvalue weighted by Gasteiger charge is -2.41. The molecule has 0 bridgehead atoms. The van der Waals surface area contributed by atoms with Crippen LogP contribution in [0.5, 0.6) is 0 Å². The maximum atomic E-state index is 11.5. The lowest BCUT2D eigenvalue weighted by Crippen LogP contribution is -2.58. The van der Waals surface area contributed by atoms with Crippen molar-refractivity contribution in [3.63, 3.8) is 0 Å². The van der Waals surface area contributed by atoms with Gasteiger partial charge in [0.05, 0.1) is 5.54 Å². The molecule has 116 valence electrons. The second-order valence-corrected chi connectivity index (χ2v) is 6.96. The van der Waals surface area contributed by atoms with Gasteiger partial charge in [0.1, 0.15) is 0 Å². The van der Waals surface area contributed by atoms with Crippen molar-refractivity contribution >= 4 is 5.91 Å². The molecule has 1 amide bonds. The summed E-state index contributed by atoms with van der Waals surface area (Å²) in [6, 6.07) is 0.404. The average molecular weight is 282 g/mol. The van der Waals surface area contributed by atoms with Crippen LogP contribution >= 0.6 is 0 Å². The van der Waals surface area contributed by atoms with Crippen LogP contribution in [0.3, 0.4) is 0 Å². The third kappa shape index (κ3) is 3.71. The molecular formula is C15H30N4O. The van der Waals surface area contributed by atoms with Crippen molar-refractivity contribution in [3.05, 3.63) is 0 Å². The van der Waals surface area contributed by atoms with Gasteiger partial charge in [0.15, 0.2) is 0 Å². The van der Waals surface area contributed by atoms with E-state index in [2.05, 4.69) is 23.9 Å². The molecule has 5 heteroatoms. The Labute approximate surface area is 122 Å². The van der Waals surface area contributed by atoms with E-state index in [1.165, 1.54) is 25.9 Å². The molecule has 1 aliphatic heterocycles. The zero-order chi connectivity index (χ0) is 14.8. The molecule has 1 heterocycles. The molecule has 1 saturated heterocycles. The largest absolute Gasteiger partial charge is 0.368 e. The Kier molecular flexibility index (Phi) is 5.04. The van der Waals surface area contributed by atoms with Crippen molar-refractivity contribution in [1.29, 1.82) is 0 Å². The molecule has 4 N–H and O–H groups in total. The molecule has 5 nitrogen and oxygen atoms in total. The van der Waals surface area contributed by atoms with E-state index in [0.717, 1.165) is 31.7 Å². The normalized spacial score (nSPS) is 33.5. The minimum atomic E-state index is -0.788. The summed E-state index contributed by atoms with van der Waals surface area (Å²) in [5, 5.41) is 0. The van der Waals surface area contributed by atoms with Crippen molar-refractivity contribution in [3.8, 4) is 0 Å². The van der Waals surface area contributed by atoms with Crippen LogP contribution in [0, 0.1) is 5.92 Å². The minimum absolute atomic E-state index is 0.338. The van der Waals surface area contributed by atoms with Gasteiger partial charge in [0.2, 0.25) is 5.91 Å². The van der Waals surface area contributed by atoms with E-state index in [1.807, 2.05) is 0 Å². The van der Waals surface area contributed by atoms with Crippen molar-refractivity contribution in [2.24, 2.45) is 17.4 Å². The number of rotatable bonds is 4. The number of likely N-dealkylation sites (tertiary alicyclic amines) is 1. The second-order valence-electron chi connectivity index (χ2n) is 6.96. The number of carbonyl (C=O) groups excluding carboxylic acids is 1. The number of piperidine rings is 1. The van der Waals surface area contributed by atoms with Crippen LogP contribution in [0.15, 0.2) is 0 Å². The number of amides is 1. The summed E-state index contributed by atoms with van der Waals surface area (Å²) in [5.41, 5.74) is 10.9. The molecule has 2 unspecified atom stereocenters. The highest BCUT2D eigenvalue weighted by Crippen LogP contribution is 2.30. The second kappa shape index (κ2) is 6.41. The highest BCUT2D eigenvalue weighted by molar-refractivity contribution is 5.84. The molecule has 2 aliphatic rings. The topological polar surface area (TPSA) is 75.6 Å². The fraction of sp³-hybridized carbons (Fsp3) is 0.933. The van der Waals surface area contributed by atoms with Gasteiger partial charge in [-0.3, -0.25) is 4.79 Å². The highest BCUT2D eigenvalue weighted by atomic mass is 16.1. The predicted octanol–water partition coefficient (Wildman–Crippen LogP) is 0.385. The van der Waals surface area contributed by atoms with Crippen molar-refractivity contribution in [2.75, 3.05) is 33.7 Å². The fourth-order valence-corrected chi connectivity index (χ4v) is 3.68. The molecule has 0 aromatic rings. The number of hydrogen-bond acceptors (Lipinski definition) is 4. The first-order valence-corrected chi connectivity index (χ1v) is 7.88. The summed E-state index contributed by atoms with van der Waals surface area (Å²) < 4.78 is 0. The molecule has 1 saturated carbocycles. The van der Waals surface area contributed by atoms with Crippen LogP contribution in [0.4, 0.5) is 0 Å². The molecule has 2 atom stereocenters. The first-order chi connectivity index (χ1) is 9.40. The van der Waals surface area contributed by atoms with E-state index in [9.17, 15) is 4.79 Å². The Morgan fingerprint density at radius 1 is 1.35 bits per heavy atom. The Morgan fingerprint density at radius 2 is 2.00 bits per heavy atom. The van der Waals surface area contributed by atoms with Gasteiger partial charge in [0.25, 0.3) is 0 Å². The highest BCUT2D eigenvalue weighted by Gasteiger charge is 2.39. The number of nitrogens with zero attached hydrogens (tertiary/aromatic N) is 2. The van der Waals surface area contributed by atoms with Crippen LogP contribution in [0.25, 0.3) is 0 Å². The van der Waals surface area contributed by atoms with Gasteiger partial charge < -0.3 is 21.3 Å². The van der Waals surface area contributed by atoms with E-state index < -0.39 is 5.54 Å². The Morgan fingerprint density at radius 3 is 2.60 bits per heavy atom. The maximum Gasteiger partial charge on any atom is 0.237 e. The predicted molar refractivity (Wildman–Crippen MR) is 81.2 cm³/mol. The van der Waals surface area contributed by atoms with E-state index in [1.54, 1.807) is 0 Å². The monoisotopic (exact) mass is 282 g/mol. The number of primary amides is 1. The lowest BCUT2D eigenvalue weighted by molar-refractivity contribution is -0.125. The molecular weight excluding hydrogens is 252 g/mol. The van der Waals surface area contributed by atoms with Crippen molar-refractivity contribution < 1.29 is 4.79 Å². The molecule has 0 radical (unpaired) electrons.